The molecule has 2 aromatic carbocycles. The lowest BCUT2D eigenvalue weighted by Crippen LogP contribution is -2.54. The van der Waals surface area contributed by atoms with Crippen LogP contribution in [-0.4, -0.2) is 53.7 Å². The van der Waals surface area contributed by atoms with E-state index in [-0.39, 0.29) is 17.6 Å². The molecule has 0 radical (unpaired) electrons. The first kappa shape index (κ1) is 21.5. The van der Waals surface area contributed by atoms with Crippen LogP contribution in [0.4, 0.5) is 0 Å². The van der Waals surface area contributed by atoms with E-state index >= 15 is 0 Å². The van der Waals surface area contributed by atoms with Crippen LogP contribution < -0.4 is 9.47 Å². The van der Waals surface area contributed by atoms with E-state index < -0.39 is 0 Å². The van der Waals surface area contributed by atoms with Gasteiger partial charge < -0.3 is 19.5 Å². The number of rotatable bonds is 7. The Morgan fingerprint density at radius 2 is 1.87 bits per heavy atom. The maximum absolute atomic E-state index is 13.3. The number of benzene rings is 2. The first-order valence-corrected chi connectivity index (χ1v) is 11.2. The van der Waals surface area contributed by atoms with E-state index in [0.717, 1.165) is 31.6 Å². The number of nitrogens with zero attached hydrogens (tertiary/aromatic N) is 2. The number of hydrogen-bond donors (Lipinski definition) is 1. The SMILES string of the molecule is CC(C)CN(Cc1cc(O)c2c(c1)OCCCO2)C(=O)C1CN(Cc2ccccc2)C1. The number of carbonyl (C=O) groups excluding carboxylic acids is 1. The summed E-state index contributed by atoms with van der Waals surface area (Å²) in [6, 6.07) is 13.9. The van der Waals surface area contributed by atoms with E-state index in [1.807, 2.05) is 29.2 Å². The van der Waals surface area contributed by atoms with Gasteiger partial charge in [-0.05, 0) is 29.2 Å². The van der Waals surface area contributed by atoms with Crippen LogP contribution >= 0.6 is 0 Å². The third-order valence-electron chi connectivity index (χ3n) is 5.71. The Morgan fingerprint density at radius 1 is 1.13 bits per heavy atom. The molecule has 2 aromatic rings. The Bertz CT molecular complexity index is 894. The standard InChI is InChI=1S/C25H32N2O4/c1-18(2)13-27(15-20-11-22(28)24-23(12-20)30-9-6-10-31-24)25(29)21-16-26(17-21)14-19-7-4-3-5-8-19/h3-5,7-8,11-12,18,21,28H,6,9-10,13-17H2,1-2H3. The summed E-state index contributed by atoms with van der Waals surface area (Å²) < 4.78 is 11.4. The van der Waals surface area contributed by atoms with Crippen molar-refractivity contribution in [2.75, 3.05) is 32.8 Å². The number of aromatic hydroxyl groups is 1. The van der Waals surface area contributed by atoms with Gasteiger partial charge in [0.05, 0.1) is 19.1 Å². The Hall–Kier alpha value is -2.73. The van der Waals surface area contributed by atoms with E-state index in [9.17, 15) is 9.90 Å². The van der Waals surface area contributed by atoms with Gasteiger partial charge in [-0.1, -0.05) is 44.2 Å². The molecule has 2 aliphatic heterocycles. The normalized spacial score (nSPS) is 16.6. The summed E-state index contributed by atoms with van der Waals surface area (Å²) >= 11 is 0. The molecule has 2 heterocycles. The lowest BCUT2D eigenvalue weighted by molar-refractivity contribution is -0.142. The van der Waals surface area contributed by atoms with E-state index in [1.165, 1.54) is 5.56 Å². The highest BCUT2D eigenvalue weighted by molar-refractivity contribution is 5.80. The second-order valence-electron chi connectivity index (χ2n) is 8.98. The number of amides is 1. The molecule has 1 saturated heterocycles. The van der Waals surface area contributed by atoms with Gasteiger partial charge in [0.25, 0.3) is 0 Å². The number of ether oxygens (including phenoxy) is 2. The first-order chi connectivity index (χ1) is 15.0. The van der Waals surface area contributed by atoms with E-state index in [2.05, 4.69) is 30.9 Å². The third-order valence-corrected chi connectivity index (χ3v) is 5.71. The summed E-state index contributed by atoms with van der Waals surface area (Å²) in [6.45, 7) is 8.92. The fourth-order valence-corrected chi connectivity index (χ4v) is 4.25. The Labute approximate surface area is 184 Å². The zero-order valence-electron chi connectivity index (χ0n) is 18.4. The molecule has 0 saturated carbocycles. The number of likely N-dealkylation sites (tertiary alicyclic amines) is 1. The van der Waals surface area contributed by atoms with E-state index in [1.54, 1.807) is 6.07 Å². The van der Waals surface area contributed by atoms with Crippen LogP contribution in [-0.2, 0) is 17.9 Å². The maximum Gasteiger partial charge on any atom is 0.228 e. The second kappa shape index (κ2) is 9.60. The summed E-state index contributed by atoms with van der Waals surface area (Å²) in [5.41, 5.74) is 2.13. The monoisotopic (exact) mass is 424 g/mol. The molecule has 6 heteroatoms. The minimum absolute atomic E-state index is 0.0245. The van der Waals surface area contributed by atoms with Crippen molar-refractivity contribution in [2.24, 2.45) is 11.8 Å². The Morgan fingerprint density at radius 3 is 2.61 bits per heavy atom. The molecule has 0 spiro atoms. The number of carbonyl (C=O) groups is 1. The van der Waals surface area contributed by atoms with E-state index in [4.69, 9.17) is 9.47 Å². The topological polar surface area (TPSA) is 62.2 Å². The zero-order chi connectivity index (χ0) is 21.8. The van der Waals surface area contributed by atoms with Gasteiger partial charge in [0, 0.05) is 39.1 Å². The van der Waals surface area contributed by atoms with Crippen molar-refractivity contribution >= 4 is 5.91 Å². The molecule has 1 amide bonds. The molecule has 31 heavy (non-hydrogen) atoms. The third kappa shape index (κ3) is 5.31. The highest BCUT2D eigenvalue weighted by atomic mass is 16.5. The quantitative estimate of drug-likeness (QED) is 0.735. The second-order valence-corrected chi connectivity index (χ2v) is 8.98. The molecule has 1 fully saturated rings. The summed E-state index contributed by atoms with van der Waals surface area (Å²) in [6.07, 6.45) is 0.780. The maximum atomic E-state index is 13.3. The highest BCUT2D eigenvalue weighted by Gasteiger charge is 2.35. The summed E-state index contributed by atoms with van der Waals surface area (Å²) in [5, 5.41) is 10.4. The lowest BCUT2D eigenvalue weighted by atomic mass is 9.96. The molecule has 6 nitrogen and oxygen atoms in total. The van der Waals surface area contributed by atoms with Gasteiger partial charge in [-0.2, -0.15) is 0 Å². The predicted octanol–water partition coefficient (Wildman–Crippen LogP) is 3.67. The molecule has 166 valence electrons. The number of hydrogen-bond acceptors (Lipinski definition) is 5. The van der Waals surface area contributed by atoms with Crippen molar-refractivity contribution in [1.29, 1.82) is 0 Å². The molecule has 1 N–H and O–H groups in total. The van der Waals surface area contributed by atoms with Gasteiger partial charge in [-0.25, -0.2) is 0 Å². The molecule has 0 aliphatic carbocycles. The van der Waals surface area contributed by atoms with Crippen LogP contribution in [0.15, 0.2) is 42.5 Å². The van der Waals surface area contributed by atoms with Crippen molar-refractivity contribution in [2.45, 2.75) is 33.4 Å². The van der Waals surface area contributed by atoms with Crippen LogP contribution in [0.2, 0.25) is 0 Å². The fourth-order valence-electron chi connectivity index (χ4n) is 4.25. The van der Waals surface area contributed by atoms with Crippen LogP contribution in [0.3, 0.4) is 0 Å². The minimum Gasteiger partial charge on any atom is -0.504 e. The Kier molecular flexibility index (Phi) is 6.66. The van der Waals surface area contributed by atoms with Crippen LogP contribution in [0.1, 0.15) is 31.4 Å². The molecule has 0 atom stereocenters. The Balaban J connectivity index is 1.41. The largest absolute Gasteiger partial charge is 0.504 e. The van der Waals surface area contributed by atoms with Crippen LogP contribution in [0.25, 0.3) is 0 Å². The van der Waals surface area contributed by atoms with Crippen molar-refractivity contribution in [3.05, 3.63) is 53.6 Å². The van der Waals surface area contributed by atoms with Crippen LogP contribution in [0.5, 0.6) is 17.2 Å². The van der Waals surface area contributed by atoms with Gasteiger partial charge in [-0.3, -0.25) is 9.69 Å². The van der Waals surface area contributed by atoms with Crippen LogP contribution in [0, 0.1) is 11.8 Å². The molecule has 4 rings (SSSR count). The molecule has 2 aliphatic rings. The van der Waals surface area contributed by atoms with Gasteiger partial charge >= 0.3 is 0 Å². The molecule has 0 bridgehead atoms. The van der Waals surface area contributed by atoms with Crippen molar-refractivity contribution in [1.82, 2.24) is 9.80 Å². The molecule has 0 aromatic heterocycles. The minimum atomic E-state index is 0.0245. The van der Waals surface area contributed by atoms with Gasteiger partial charge in [0.1, 0.15) is 0 Å². The molecule has 0 unspecified atom stereocenters. The zero-order valence-corrected chi connectivity index (χ0v) is 18.4. The average Bonchev–Trinajstić information content (AvgIpc) is 2.96. The summed E-state index contributed by atoms with van der Waals surface area (Å²) in [4.78, 5) is 17.5. The van der Waals surface area contributed by atoms with Crippen molar-refractivity contribution in [3.8, 4) is 17.2 Å². The van der Waals surface area contributed by atoms with Crippen molar-refractivity contribution in [3.63, 3.8) is 0 Å². The number of phenolic OH excluding ortho intramolecular Hbond substituents is 1. The van der Waals surface area contributed by atoms with Gasteiger partial charge in [0.2, 0.25) is 11.7 Å². The summed E-state index contributed by atoms with van der Waals surface area (Å²) in [7, 11) is 0. The number of phenols is 1. The first-order valence-electron chi connectivity index (χ1n) is 11.2. The summed E-state index contributed by atoms with van der Waals surface area (Å²) in [5.74, 6) is 1.60. The van der Waals surface area contributed by atoms with Gasteiger partial charge in [0.15, 0.2) is 11.5 Å². The predicted molar refractivity (Wildman–Crippen MR) is 119 cm³/mol. The van der Waals surface area contributed by atoms with Gasteiger partial charge in [-0.15, -0.1) is 0 Å². The molecular formula is C25H32N2O4. The molecular weight excluding hydrogens is 392 g/mol. The van der Waals surface area contributed by atoms with Crippen molar-refractivity contribution < 1.29 is 19.4 Å². The highest BCUT2D eigenvalue weighted by Crippen LogP contribution is 2.39. The lowest BCUT2D eigenvalue weighted by Gasteiger charge is -2.41. The van der Waals surface area contributed by atoms with E-state index in [0.29, 0.717) is 43.7 Å². The number of fused-ring (bicyclic) bond motifs is 1. The smallest absolute Gasteiger partial charge is 0.228 e. The average molecular weight is 425 g/mol. The fraction of sp³-hybridized carbons (Fsp3) is 0.480.